The number of anilines is 2. The number of carbonyl (C=O) groups excluding carboxylic acids is 1. The van der Waals surface area contributed by atoms with Crippen molar-refractivity contribution in [3.05, 3.63) is 18.2 Å². The number of hydrogen-bond acceptors (Lipinski definition) is 5. The van der Waals surface area contributed by atoms with Crippen LogP contribution in [0.25, 0.3) is 0 Å². The molecule has 0 bridgehead atoms. The number of carboxylic acid groups (broad SMARTS) is 2. The molecule has 0 aliphatic carbocycles. The Labute approximate surface area is 132 Å². The number of nitrogens with zero attached hydrogens (tertiary/aromatic N) is 2. The Morgan fingerprint density at radius 3 is 2.65 bits per heavy atom. The van der Waals surface area contributed by atoms with Crippen LogP contribution < -0.4 is 14.5 Å². The Balaban J connectivity index is 2.32. The van der Waals surface area contributed by atoms with Gasteiger partial charge in [-0.1, -0.05) is 0 Å². The highest BCUT2D eigenvalue weighted by atomic mass is 16.5. The van der Waals surface area contributed by atoms with E-state index < -0.39 is 11.9 Å². The molecule has 0 spiro atoms. The van der Waals surface area contributed by atoms with E-state index in [0.717, 1.165) is 0 Å². The summed E-state index contributed by atoms with van der Waals surface area (Å²) < 4.78 is 5.36. The molecule has 0 unspecified atom stereocenters. The molecule has 0 saturated heterocycles. The maximum atomic E-state index is 11.9. The molecule has 1 amide bonds. The van der Waals surface area contributed by atoms with Gasteiger partial charge < -0.3 is 24.7 Å². The summed E-state index contributed by atoms with van der Waals surface area (Å²) in [4.78, 5) is 36.6. The minimum atomic E-state index is -1.06. The molecule has 124 valence electrons. The number of fused-ring (bicyclic) bond motifs is 1. The van der Waals surface area contributed by atoms with Gasteiger partial charge in [-0.3, -0.25) is 14.4 Å². The van der Waals surface area contributed by atoms with E-state index in [0.29, 0.717) is 23.7 Å². The van der Waals surface area contributed by atoms with E-state index in [4.69, 9.17) is 14.9 Å². The average molecular weight is 322 g/mol. The molecule has 1 heterocycles. The lowest BCUT2D eigenvalue weighted by molar-refractivity contribution is -0.138. The van der Waals surface area contributed by atoms with E-state index >= 15 is 0 Å². The van der Waals surface area contributed by atoms with E-state index in [1.807, 2.05) is 6.92 Å². The van der Waals surface area contributed by atoms with Crippen molar-refractivity contribution in [2.45, 2.75) is 13.3 Å². The van der Waals surface area contributed by atoms with Gasteiger partial charge in [0, 0.05) is 18.8 Å². The first-order valence-corrected chi connectivity index (χ1v) is 7.18. The molecule has 8 nitrogen and oxygen atoms in total. The van der Waals surface area contributed by atoms with E-state index in [2.05, 4.69) is 0 Å². The van der Waals surface area contributed by atoms with Crippen LogP contribution in [0.5, 0.6) is 5.75 Å². The molecule has 0 radical (unpaired) electrons. The Morgan fingerprint density at radius 1 is 1.30 bits per heavy atom. The van der Waals surface area contributed by atoms with Gasteiger partial charge in [-0.2, -0.15) is 0 Å². The molecule has 23 heavy (non-hydrogen) atoms. The highest BCUT2D eigenvalue weighted by molar-refractivity contribution is 5.98. The molecule has 0 saturated carbocycles. The summed E-state index contributed by atoms with van der Waals surface area (Å²) in [5, 5.41) is 17.8. The molecule has 2 rings (SSSR count). The van der Waals surface area contributed by atoms with Crippen molar-refractivity contribution >= 4 is 29.2 Å². The second-order valence-electron chi connectivity index (χ2n) is 5.04. The van der Waals surface area contributed by atoms with Crippen molar-refractivity contribution in [3.63, 3.8) is 0 Å². The predicted molar refractivity (Wildman–Crippen MR) is 82.1 cm³/mol. The lowest BCUT2D eigenvalue weighted by Gasteiger charge is -2.30. The minimum Gasteiger partial charge on any atom is -0.482 e. The van der Waals surface area contributed by atoms with E-state index in [9.17, 15) is 14.4 Å². The van der Waals surface area contributed by atoms with Crippen molar-refractivity contribution < 1.29 is 29.3 Å². The van der Waals surface area contributed by atoms with Crippen molar-refractivity contribution in [3.8, 4) is 5.75 Å². The number of rotatable bonds is 7. The molecule has 0 aromatic heterocycles. The van der Waals surface area contributed by atoms with Crippen LogP contribution in [0.4, 0.5) is 11.4 Å². The Kier molecular flexibility index (Phi) is 5.05. The molecule has 1 aromatic rings. The predicted octanol–water partition coefficient (Wildman–Crippen LogP) is 0.798. The summed E-state index contributed by atoms with van der Waals surface area (Å²) in [6, 6.07) is 4.98. The van der Waals surface area contributed by atoms with Crippen LogP contribution in [0.2, 0.25) is 0 Å². The number of ether oxygens (including phenoxy) is 1. The van der Waals surface area contributed by atoms with Gasteiger partial charge >= 0.3 is 11.9 Å². The Hall–Kier alpha value is -2.77. The summed E-state index contributed by atoms with van der Waals surface area (Å²) in [6.45, 7) is 2.00. The number of likely N-dealkylation sites (N-methyl/N-ethyl adjacent to an activating group) is 1. The summed E-state index contributed by atoms with van der Waals surface area (Å²) >= 11 is 0. The second kappa shape index (κ2) is 6.99. The fourth-order valence-corrected chi connectivity index (χ4v) is 2.43. The highest BCUT2D eigenvalue weighted by Gasteiger charge is 2.25. The lowest BCUT2D eigenvalue weighted by atomic mass is 10.2. The van der Waals surface area contributed by atoms with Crippen LogP contribution in [0, 0.1) is 0 Å². The van der Waals surface area contributed by atoms with Crippen LogP contribution in [-0.4, -0.2) is 54.3 Å². The number of aliphatic carboxylic acids is 2. The van der Waals surface area contributed by atoms with Crippen LogP contribution in [0.15, 0.2) is 18.2 Å². The van der Waals surface area contributed by atoms with Gasteiger partial charge in [-0.15, -0.1) is 0 Å². The fourth-order valence-electron chi connectivity index (χ4n) is 2.43. The zero-order valence-corrected chi connectivity index (χ0v) is 12.7. The van der Waals surface area contributed by atoms with Gasteiger partial charge in [0.15, 0.2) is 6.61 Å². The summed E-state index contributed by atoms with van der Waals surface area (Å²) in [6.07, 6.45) is -0.183. The molecule has 0 fully saturated rings. The smallest absolute Gasteiger partial charge is 0.323 e. The summed E-state index contributed by atoms with van der Waals surface area (Å²) in [5.74, 6) is -1.70. The first-order chi connectivity index (χ1) is 10.9. The zero-order chi connectivity index (χ0) is 17.0. The minimum absolute atomic E-state index is 0.0297. The fraction of sp³-hybridized carbons (Fsp3) is 0.400. The molecule has 1 aliphatic heterocycles. The quantitative estimate of drug-likeness (QED) is 0.764. The van der Waals surface area contributed by atoms with Crippen LogP contribution in [-0.2, 0) is 14.4 Å². The average Bonchev–Trinajstić information content (AvgIpc) is 2.50. The van der Waals surface area contributed by atoms with E-state index in [-0.39, 0.29) is 32.0 Å². The van der Waals surface area contributed by atoms with Crippen molar-refractivity contribution in [1.29, 1.82) is 0 Å². The van der Waals surface area contributed by atoms with Crippen LogP contribution >= 0.6 is 0 Å². The molecule has 1 aliphatic rings. The molecular formula is C15H18N2O6. The van der Waals surface area contributed by atoms with E-state index in [1.165, 1.54) is 4.90 Å². The van der Waals surface area contributed by atoms with Crippen molar-refractivity contribution in [1.82, 2.24) is 0 Å². The number of benzene rings is 1. The molecular weight excluding hydrogens is 304 g/mol. The topological polar surface area (TPSA) is 107 Å². The number of amides is 1. The largest absolute Gasteiger partial charge is 0.482 e. The van der Waals surface area contributed by atoms with Gasteiger partial charge in [-0.25, -0.2) is 0 Å². The van der Waals surface area contributed by atoms with Crippen LogP contribution in [0.1, 0.15) is 13.3 Å². The summed E-state index contributed by atoms with van der Waals surface area (Å²) in [5.41, 5.74) is 1.09. The van der Waals surface area contributed by atoms with Gasteiger partial charge in [0.2, 0.25) is 0 Å². The second-order valence-corrected chi connectivity index (χ2v) is 5.04. The SMILES string of the molecule is CCN1C(=O)COc2ccc(N(CCC(=O)O)CC(=O)O)cc21. The monoisotopic (exact) mass is 322 g/mol. The third-order valence-electron chi connectivity index (χ3n) is 3.49. The normalized spacial score (nSPS) is 13.3. The third kappa shape index (κ3) is 3.91. The number of carbonyl (C=O) groups is 3. The van der Waals surface area contributed by atoms with Gasteiger partial charge in [0.1, 0.15) is 12.3 Å². The maximum absolute atomic E-state index is 11.9. The molecule has 8 heteroatoms. The number of hydrogen-bond donors (Lipinski definition) is 2. The standard InChI is InChI=1S/C15H18N2O6/c1-2-17-11-7-10(3-4-12(11)23-9-13(17)18)16(8-15(21)22)6-5-14(19)20/h3-4,7H,2,5-6,8-9H2,1H3,(H,19,20)(H,21,22). The van der Waals surface area contributed by atoms with E-state index in [1.54, 1.807) is 23.1 Å². The summed E-state index contributed by atoms with van der Waals surface area (Å²) in [7, 11) is 0. The van der Waals surface area contributed by atoms with Crippen molar-refractivity contribution in [2.75, 3.05) is 36.0 Å². The molecule has 0 atom stereocenters. The zero-order valence-electron chi connectivity index (χ0n) is 12.7. The molecule has 1 aromatic carbocycles. The van der Waals surface area contributed by atoms with Gasteiger partial charge in [0.25, 0.3) is 5.91 Å². The van der Waals surface area contributed by atoms with Gasteiger partial charge in [0.05, 0.1) is 12.1 Å². The maximum Gasteiger partial charge on any atom is 0.323 e. The molecule has 2 N–H and O–H groups in total. The lowest BCUT2D eigenvalue weighted by Crippen LogP contribution is -2.39. The Morgan fingerprint density at radius 2 is 2.04 bits per heavy atom. The van der Waals surface area contributed by atoms with Gasteiger partial charge in [-0.05, 0) is 25.1 Å². The van der Waals surface area contributed by atoms with Crippen LogP contribution in [0.3, 0.4) is 0 Å². The first-order valence-electron chi connectivity index (χ1n) is 7.18. The number of carboxylic acids is 2. The highest BCUT2D eigenvalue weighted by Crippen LogP contribution is 2.35. The Bertz CT molecular complexity index is 630. The third-order valence-corrected chi connectivity index (χ3v) is 3.49. The first kappa shape index (κ1) is 16.6. The van der Waals surface area contributed by atoms with Crippen molar-refractivity contribution in [2.24, 2.45) is 0 Å².